The second kappa shape index (κ2) is 7.63. The van der Waals surface area contributed by atoms with Crippen LogP contribution in [0.1, 0.15) is 52.9 Å². The van der Waals surface area contributed by atoms with E-state index in [0.717, 1.165) is 0 Å². The van der Waals surface area contributed by atoms with Crippen LogP contribution in [0, 0.1) is 13.8 Å². The van der Waals surface area contributed by atoms with Crippen LogP contribution in [0.2, 0.25) is 0 Å². The maximum Gasteiger partial charge on any atom is 0.355 e. The summed E-state index contributed by atoms with van der Waals surface area (Å²) in [5.41, 5.74) is 1.36. The van der Waals surface area contributed by atoms with Crippen LogP contribution < -0.4 is 0 Å². The quantitative estimate of drug-likeness (QED) is 0.637. The number of ether oxygens (including phenoxy) is 3. The Bertz CT molecular complexity index is 573. The first-order valence-corrected chi connectivity index (χ1v) is 7.00. The van der Waals surface area contributed by atoms with Crippen molar-refractivity contribution in [3.05, 3.63) is 22.5 Å². The molecule has 0 saturated heterocycles. The van der Waals surface area contributed by atoms with Crippen molar-refractivity contribution in [2.24, 2.45) is 0 Å². The van der Waals surface area contributed by atoms with E-state index in [2.05, 4.69) is 4.98 Å². The number of carbonyl (C=O) groups is 3. The second-order valence-corrected chi connectivity index (χ2v) is 4.96. The van der Waals surface area contributed by atoms with Gasteiger partial charge in [0.15, 0.2) is 6.61 Å². The van der Waals surface area contributed by atoms with Gasteiger partial charge in [0.25, 0.3) is 0 Å². The number of nitrogens with one attached hydrogen (secondary N) is 1. The third-order valence-corrected chi connectivity index (χ3v) is 2.81. The molecule has 0 atom stereocenters. The van der Waals surface area contributed by atoms with Crippen molar-refractivity contribution in [2.45, 2.75) is 40.7 Å². The molecule has 0 aliphatic heterocycles. The van der Waals surface area contributed by atoms with E-state index in [4.69, 9.17) is 14.2 Å². The molecule has 0 aliphatic carbocycles. The van der Waals surface area contributed by atoms with Crippen LogP contribution in [0.3, 0.4) is 0 Å². The molecule has 22 heavy (non-hydrogen) atoms. The van der Waals surface area contributed by atoms with Crippen LogP contribution in [-0.2, 0) is 19.0 Å². The molecule has 7 nitrogen and oxygen atoms in total. The van der Waals surface area contributed by atoms with Gasteiger partial charge in [0.05, 0.1) is 18.3 Å². The molecular formula is C15H21NO6. The molecule has 0 aromatic carbocycles. The molecule has 0 spiro atoms. The van der Waals surface area contributed by atoms with Gasteiger partial charge in [0, 0.05) is 5.69 Å². The normalized spacial score (nSPS) is 10.5. The molecule has 0 amide bonds. The minimum absolute atomic E-state index is 0.123. The number of H-pyrrole nitrogens is 1. The predicted molar refractivity (Wildman–Crippen MR) is 77.7 cm³/mol. The van der Waals surface area contributed by atoms with Crippen LogP contribution in [0.4, 0.5) is 0 Å². The Labute approximate surface area is 128 Å². The summed E-state index contributed by atoms with van der Waals surface area (Å²) in [5, 5.41) is 0. The van der Waals surface area contributed by atoms with Crippen molar-refractivity contribution in [2.75, 3.05) is 13.2 Å². The summed E-state index contributed by atoms with van der Waals surface area (Å²) in [6, 6.07) is 0. The van der Waals surface area contributed by atoms with Crippen LogP contribution in [0.15, 0.2) is 0 Å². The van der Waals surface area contributed by atoms with Gasteiger partial charge in [-0.1, -0.05) is 0 Å². The Morgan fingerprint density at radius 2 is 1.73 bits per heavy atom. The third kappa shape index (κ3) is 4.34. The number of esters is 3. The zero-order valence-corrected chi connectivity index (χ0v) is 13.4. The Morgan fingerprint density at radius 3 is 2.27 bits per heavy atom. The van der Waals surface area contributed by atoms with Crippen molar-refractivity contribution in [1.29, 1.82) is 0 Å². The maximum atomic E-state index is 12.0. The van der Waals surface area contributed by atoms with Crippen LogP contribution in [0.5, 0.6) is 0 Å². The fraction of sp³-hybridized carbons (Fsp3) is 0.533. The summed E-state index contributed by atoms with van der Waals surface area (Å²) in [6.45, 7) is 8.12. The summed E-state index contributed by atoms with van der Waals surface area (Å²) in [6.07, 6.45) is -0.281. The minimum Gasteiger partial charge on any atom is -0.462 e. The smallest absolute Gasteiger partial charge is 0.355 e. The Balaban J connectivity index is 2.81. The Kier molecular flexibility index (Phi) is 6.15. The fourth-order valence-electron chi connectivity index (χ4n) is 1.96. The van der Waals surface area contributed by atoms with E-state index >= 15 is 0 Å². The molecule has 0 unspecified atom stereocenters. The predicted octanol–water partition coefficient (Wildman–Crippen LogP) is 1.92. The zero-order chi connectivity index (χ0) is 16.9. The largest absolute Gasteiger partial charge is 0.462 e. The summed E-state index contributed by atoms with van der Waals surface area (Å²) < 4.78 is 14.7. The average molecular weight is 311 g/mol. The Hall–Kier alpha value is -2.31. The number of hydrogen-bond donors (Lipinski definition) is 1. The van der Waals surface area contributed by atoms with Gasteiger partial charge in [0.2, 0.25) is 0 Å². The number of aromatic nitrogens is 1. The van der Waals surface area contributed by atoms with Crippen molar-refractivity contribution in [1.82, 2.24) is 4.98 Å². The number of aryl methyl sites for hydroxylation is 1. The van der Waals surface area contributed by atoms with Crippen molar-refractivity contribution in [3.63, 3.8) is 0 Å². The highest BCUT2D eigenvalue weighted by Crippen LogP contribution is 2.19. The van der Waals surface area contributed by atoms with E-state index in [-0.39, 0.29) is 18.4 Å². The van der Waals surface area contributed by atoms with E-state index in [0.29, 0.717) is 16.8 Å². The molecule has 1 aromatic rings. The summed E-state index contributed by atoms with van der Waals surface area (Å²) >= 11 is 0. The lowest BCUT2D eigenvalue weighted by molar-refractivity contribution is -0.151. The minimum atomic E-state index is -0.725. The summed E-state index contributed by atoms with van der Waals surface area (Å²) in [7, 11) is 0. The van der Waals surface area contributed by atoms with Crippen LogP contribution in [0.25, 0.3) is 0 Å². The van der Waals surface area contributed by atoms with Gasteiger partial charge < -0.3 is 19.2 Å². The number of carbonyl (C=O) groups excluding carboxylic acids is 3. The highest BCUT2D eigenvalue weighted by Gasteiger charge is 2.24. The molecular weight excluding hydrogens is 290 g/mol. The first-order valence-electron chi connectivity index (χ1n) is 7.00. The Morgan fingerprint density at radius 1 is 1.09 bits per heavy atom. The van der Waals surface area contributed by atoms with Gasteiger partial charge in [-0.3, -0.25) is 0 Å². The van der Waals surface area contributed by atoms with E-state index in [9.17, 15) is 14.4 Å². The molecule has 0 bridgehead atoms. The lowest BCUT2D eigenvalue weighted by atomic mass is 10.1. The molecule has 7 heteroatoms. The molecule has 1 aromatic heterocycles. The van der Waals surface area contributed by atoms with E-state index < -0.39 is 24.5 Å². The van der Waals surface area contributed by atoms with Crippen molar-refractivity contribution in [3.8, 4) is 0 Å². The monoisotopic (exact) mass is 311 g/mol. The number of rotatable bonds is 6. The topological polar surface area (TPSA) is 94.7 Å². The van der Waals surface area contributed by atoms with Gasteiger partial charge in [0.1, 0.15) is 5.69 Å². The van der Waals surface area contributed by atoms with Gasteiger partial charge >= 0.3 is 17.9 Å². The third-order valence-electron chi connectivity index (χ3n) is 2.81. The highest BCUT2D eigenvalue weighted by molar-refractivity contribution is 5.98. The molecule has 1 N–H and O–H groups in total. The van der Waals surface area contributed by atoms with Crippen LogP contribution >= 0.6 is 0 Å². The average Bonchev–Trinajstić information content (AvgIpc) is 2.71. The zero-order valence-electron chi connectivity index (χ0n) is 13.4. The molecule has 122 valence electrons. The van der Waals surface area contributed by atoms with Crippen LogP contribution in [-0.4, -0.2) is 42.2 Å². The lowest BCUT2D eigenvalue weighted by Crippen LogP contribution is -2.20. The molecule has 1 heterocycles. The standard InChI is InChI=1S/C15H21NO6/c1-6-20-14(18)12-9(4)13(16-10(12)5)15(19)21-7-11(17)22-8(2)3/h8,16H,6-7H2,1-5H3. The summed E-state index contributed by atoms with van der Waals surface area (Å²) in [5.74, 6) is -1.86. The first-order chi connectivity index (χ1) is 10.3. The first kappa shape index (κ1) is 17.7. The van der Waals surface area contributed by atoms with E-state index in [1.807, 2.05) is 0 Å². The van der Waals surface area contributed by atoms with Crippen molar-refractivity contribution >= 4 is 17.9 Å². The van der Waals surface area contributed by atoms with Gasteiger partial charge in [-0.15, -0.1) is 0 Å². The highest BCUT2D eigenvalue weighted by atomic mass is 16.6. The SMILES string of the molecule is CCOC(=O)c1c(C)[nH]c(C(=O)OCC(=O)OC(C)C)c1C. The van der Waals surface area contributed by atoms with E-state index in [1.165, 1.54) is 0 Å². The van der Waals surface area contributed by atoms with Gasteiger partial charge in [-0.25, -0.2) is 14.4 Å². The number of hydrogen-bond acceptors (Lipinski definition) is 6. The van der Waals surface area contributed by atoms with E-state index in [1.54, 1.807) is 34.6 Å². The summed E-state index contributed by atoms with van der Waals surface area (Å²) in [4.78, 5) is 38.0. The van der Waals surface area contributed by atoms with Gasteiger partial charge in [-0.05, 0) is 40.2 Å². The fourth-order valence-corrected chi connectivity index (χ4v) is 1.96. The lowest BCUT2D eigenvalue weighted by Gasteiger charge is -2.08. The second-order valence-electron chi connectivity index (χ2n) is 4.96. The molecule has 1 rings (SSSR count). The maximum absolute atomic E-state index is 12.0. The van der Waals surface area contributed by atoms with Crippen molar-refractivity contribution < 1.29 is 28.6 Å². The molecule has 0 aliphatic rings. The molecule has 0 fully saturated rings. The number of aromatic amines is 1. The van der Waals surface area contributed by atoms with Gasteiger partial charge in [-0.2, -0.15) is 0 Å². The molecule has 0 saturated carbocycles. The molecule has 0 radical (unpaired) electrons.